The van der Waals surface area contributed by atoms with Gasteiger partial charge in [-0.25, -0.2) is 0 Å². The van der Waals surface area contributed by atoms with Crippen LogP contribution in [-0.4, -0.2) is 12.6 Å². The Bertz CT molecular complexity index is 61.7. The number of hydrogen-bond donors (Lipinski definition) is 1. The van der Waals surface area contributed by atoms with Gasteiger partial charge >= 0.3 is 0 Å². The zero-order valence-electron chi connectivity index (χ0n) is 7.61. The van der Waals surface area contributed by atoms with Crippen molar-refractivity contribution in [3.63, 3.8) is 0 Å². The van der Waals surface area contributed by atoms with Crippen LogP contribution in [0.3, 0.4) is 0 Å². The Labute approximate surface area is 65.2 Å². The smallest absolute Gasteiger partial charge is 0.00386 e. The van der Waals surface area contributed by atoms with Gasteiger partial charge in [-0.2, -0.15) is 0 Å². The molecular formula is C9H21N. The highest BCUT2D eigenvalue weighted by Gasteiger charge is 1.96. The normalized spacial score (nSPS) is 13.5. The largest absolute Gasteiger partial charge is 0.314 e. The van der Waals surface area contributed by atoms with Crippen molar-refractivity contribution in [1.82, 2.24) is 5.32 Å². The number of rotatable bonds is 6. The van der Waals surface area contributed by atoms with Crippen molar-refractivity contribution < 1.29 is 0 Å². The van der Waals surface area contributed by atoms with Gasteiger partial charge in [0, 0.05) is 6.04 Å². The van der Waals surface area contributed by atoms with Crippen LogP contribution in [0.5, 0.6) is 0 Å². The van der Waals surface area contributed by atoms with E-state index in [1.54, 1.807) is 0 Å². The summed E-state index contributed by atoms with van der Waals surface area (Å²) in [4.78, 5) is 0. The number of hydrogen-bond acceptors (Lipinski definition) is 1. The van der Waals surface area contributed by atoms with E-state index in [0.717, 1.165) is 6.04 Å². The van der Waals surface area contributed by atoms with Gasteiger partial charge in [-0.3, -0.25) is 0 Å². The van der Waals surface area contributed by atoms with Crippen molar-refractivity contribution in [2.75, 3.05) is 6.54 Å². The highest BCUT2D eigenvalue weighted by atomic mass is 14.9. The molecule has 0 aromatic heterocycles. The fraction of sp³-hybridized carbons (Fsp3) is 1.00. The van der Waals surface area contributed by atoms with E-state index >= 15 is 0 Å². The summed E-state index contributed by atoms with van der Waals surface area (Å²) in [6.45, 7) is 7.92. The number of nitrogens with one attached hydrogen (secondary N) is 1. The molecule has 0 saturated heterocycles. The van der Waals surface area contributed by atoms with E-state index in [-0.39, 0.29) is 0 Å². The molecule has 0 aliphatic heterocycles. The lowest BCUT2D eigenvalue weighted by Gasteiger charge is -2.11. The van der Waals surface area contributed by atoms with Crippen LogP contribution in [0, 0.1) is 0 Å². The van der Waals surface area contributed by atoms with E-state index in [1.807, 2.05) is 0 Å². The molecule has 0 aromatic rings. The molecule has 0 aromatic carbocycles. The zero-order chi connectivity index (χ0) is 7.82. The first kappa shape index (κ1) is 9.96. The molecule has 0 amide bonds. The fourth-order valence-electron chi connectivity index (χ4n) is 1.06. The summed E-state index contributed by atoms with van der Waals surface area (Å²) in [7, 11) is 0. The molecule has 0 spiro atoms. The van der Waals surface area contributed by atoms with Crippen LogP contribution in [0.4, 0.5) is 0 Å². The van der Waals surface area contributed by atoms with Crippen molar-refractivity contribution in [1.29, 1.82) is 0 Å². The first-order chi connectivity index (χ1) is 4.81. The maximum atomic E-state index is 3.48. The van der Waals surface area contributed by atoms with Crippen LogP contribution in [0.15, 0.2) is 0 Å². The Morgan fingerprint density at radius 3 is 2.40 bits per heavy atom. The Morgan fingerprint density at radius 1 is 1.20 bits per heavy atom. The maximum Gasteiger partial charge on any atom is 0.00386 e. The van der Waals surface area contributed by atoms with Crippen molar-refractivity contribution >= 4 is 0 Å². The molecule has 1 nitrogen and oxygen atoms in total. The number of unbranched alkanes of at least 4 members (excludes halogenated alkanes) is 1. The molecule has 0 bridgehead atoms. The Hall–Kier alpha value is -0.0400. The Kier molecular flexibility index (Phi) is 7.04. The average Bonchev–Trinajstić information content (AvgIpc) is 1.89. The second-order valence-electron chi connectivity index (χ2n) is 3.00. The second kappa shape index (κ2) is 7.07. The minimum atomic E-state index is 0.719. The van der Waals surface area contributed by atoms with Crippen molar-refractivity contribution in [2.24, 2.45) is 0 Å². The molecule has 0 radical (unpaired) electrons. The molecule has 1 heteroatoms. The lowest BCUT2D eigenvalue weighted by atomic mass is 10.2. The van der Waals surface area contributed by atoms with Crippen molar-refractivity contribution in [3.8, 4) is 0 Å². The Balaban J connectivity index is 2.97. The zero-order valence-corrected chi connectivity index (χ0v) is 7.61. The summed E-state index contributed by atoms with van der Waals surface area (Å²) in [6.07, 6.45) is 5.21. The van der Waals surface area contributed by atoms with E-state index in [0.29, 0.717) is 0 Å². The van der Waals surface area contributed by atoms with Gasteiger partial charge in [0.25, 0.3) is 0 Å². The molecule has 0 aliphatic carbocycles. The van der Waals surface area contributed by atoms with Crippen LogP contribution in [-0.2, 0) is 0 Å². The maximum absolute atomic E-state index is 3.48. The third-order valence-electron chi connectivity index (χ3n) is 1.74. The molecule has 0 aliphatic rings. The summed E-state index contributed by atoms with van der Waals surface area (Å²) < 4.78 is 0. The summed E-state index contributed by atoms with van der Waals surface area (Å²) >= 11 is 0. The molecule has 0 rings (SSSR count). The monoisotopic (exact) mass is 143 g/mol. The minimum Gasteiger partial charge on any atom is -0.314 e. The molecule has 0 fully saturated rings. The van der Waals surface area contributed by atoms with Gasteiger partial charge in [0.05, 0.1) is 0 Å². The summed E-state index contributed by atoms with van der Waals surface area (Å²) in [6, 6.07) is 0.719. The topological polar surface area (TPSA) is 12.0 Å². The van der Waals surface area contributed by atoms with Gasteiger partial charge in [-0.1, -0.05) is 26.7 Å². The highest BCUT2D eigenvalue weighted by molar-refractivity contribution is 4.58. The van der Waals surface area contributed by atoms with Crippen LogP contribution in [0.2, 0.25) is 0 Å². The molecule has 1 atom stereocenters. The highest BCUT2D eigenvalue weighted by Crippen LogP contribution is 1.94. The van der Waals surface area contributed by atoms with E-state index in [4.69, 9.17) is 0 Å². The fourth-order valence-corrected chi connectivity index (χ4v) is 1.06. The third kappa shape index (κ3) is 6.09. The van der Waals surface area contributed by atoms with E-state index in [9.17, 15) is 0 Å². The molecule has 0 unspecified atom stereocenters. The lowest BCUT2D eigenvalue weighted by Crippen LogP contribution is -2.26. The van der Waals surface area contributed by atoms with Gasteiger partial charge < -0.3 is 5.32 Å². The summed E-state index contributed by atoms with van der Waals surface area (Å²) in [5.41, 5.74) is 0. The van der Waals surface area contributed by atoms with Crippen molar-refractivity contribution in [2.45, 2.75) is 52.5 Å². The minimum absolute atomic E-state index is 0.719. The lowest BCUT2D eigenvalue weighted by molar-refractivity contribution is 0.499. The quantitative estimate of drug-likeness (QED) is 0.563. The van der Waals surface area contributed by atoms with E-state index in [2.05, 4.69) is 26.1 Å². The first-order valence-corrected chi connectivity index (χ1v) is 4.54. The predicted octanol–water partition coefficient (Wildman–Crippen LogP) is 2.56. The molecule has 1 N–H and O–H groups in total. The van der Waals surface area contributed by atoms with Gasteiger partial charge in [-0.05, 0) is 26.3 Å². The van der Waals surface area contributed by atoms with E-state index < -0.39 is 0 Å². The molecular weight excluding hydrogens is 122 g/mol. The van der Waals surface area contributed by atoms with Gasteiger partial charge in [-0.15, -0.1) is 0 Å². The standard InChI is InChI=1S/C9H21N/c1-4-6-8-10-9(3)7-5-2/h9-10H,4-8H2,1-3H3/t9-/m0/s1. The SMILES string of the molecule is CCCCN[C@@H](C)CCC. The van der Waals surface area contributed by atoms with Gasteiger partial charge in [0.15, 0.2) is 0 Å². The second-order valence-corrected chi connectivity index (χ2v) is 3.00. The molecule has 0 heterocycles. The Morgan fingerprint density at radius 2 is 1.90 bits per heavy atom. The van der Waals surface area contributed by atoms with Gasteiger partial charge in [0.2, 0.25) is 0 Å². The van der Waals surface area contributed by atoms with Crippen molar-refractivity contribution in [3.05, 3.63) is 0 Å². The average molecular weight is 143 g/mol. The van der Waals surface area contributed by atoms with Crippen LogP contribution < -0.4 is 5.32 Å². The van der Waals surface area contributed by atoms with Crippen LogP contribution >= 0.6 is 0 Å². The molecule has 62 valence electrons. The van der Waals surface area contributed by atoms with E-state index in [1.165, 1.54) is 32.2 Å². The van der Waals surface area contributed by atoms with Crippen LogP contribution in [0.1, 0.15) is 46.5 Å². The molecule has 10 heavy (non-hydrogen) atoms. The molecule has 0 saturated carbocycles. The summed E-state index contributed by atoms with van der Waals surface area (Å²) in [5, 5.41) is 3.48. The third-order valence-corrected chi connectivity index (χ3v) is 1.74. The predicted molar refractivity (Wildman–Crippen MR) is 47.3 cm³/mol. The first-order valence-electron chi connectivity index (χ1n) is 4.54. The summed E-state index contributed by atoms with van der Waals surface area (Å²) in [5.74, 6) is 0. The van der Waals surface area contributed by atoms with Gasteiger partial charge in [0.1, 0.15) is 0 Å². The van der Waals surface area contributed by atoms with Crippen LogP contribution in [0.25, 0.3) is 0 Å².